The van der Waals surface area contributed by atoms with Crippen molar-refractivity contribution in [2.45, 2.75) is 32.4 Å². The van der Waals surface area contributed by atoms with Crippen LogP contribution in [0.3, 0.4) is 0 Å². The molecule has 2 N–H and O–H groups in total. The Labute approximate surface area is 125 Å². The van der Waals surface area contributed by atoms with E-state index in [1.54, 1.807) is 12.1 Å². The number of halogens is 1. The first-order valence-electron chi connectivity index (χ1n) is 6.73. The molecule has 0 amide bonds. The molecule has 3 unspecified atom stereocenters. The molecule has 1 aliphatic rings. The van der Waals surface area contributed by atoms with Crippen molar-refractivity contribution >= 4 is 18.1 Å². The first-order valence-corrected chi connectivity index (χ1v) is 6.73. The normalized spacial score (nSPS) is 22.1. The molecule has 1 aromatic carbocycles. The number of nitro benzene ring substituents is 1. The van der Waals surface area contributed by atoms with Crippen molar-refractivity contribution in [1.82, 2.24) is 4.90 Å². The molecule has 0 aliphatic carbocycles. The van der Waals surface area contributed by atoms with Crippen LogP contribution in [0.1, 0.15) is 31.9 Å². The van der Waals surface area contributed by atoms with E-state index in [1.165, 1.54) is 0 Å². The van der Waals surface area contributed by atoms with Gasteiger partial charge in [0, 0.05) is 30.3 Å². The Kier molecular flexibility index (Phi) is 5.92. The Morgan fingerprint density at radius 3 is 2.60 bits per heavy atom. The zero-order chi connectivity index (χ0) is 14.0. The van der Waals surface area contributed by atoms with E-state index < -0.39 is 0 Å². The molecular weight excluding hydrogens is 278 g/mol. The molecule has 112 valence electrons. The van der Waals surface area contributed by atoms with Gasteiger partial charge in [0.1, 0.15) is 0 Å². The Bertz CT molecular complexity index is 467. The van der Waals surface area contributed by atoms with E-state index in [9.17, 15) is 10.1 Å². The van der Waals surface area contributed by atoms with Crippen LogP contribution in [0.25, 0.3) is 0 Å². The monoisotopic (exact) mass is 299 g/mol. The van der Waals surface area contributed by atoms with Gasteiger partial charge in [-0.05, 0) is 32.7 Å². The molecule has 1 aliphatic heterocycles. The van der Waals surface area contributed by atoms with Crippen LogP contribution in [0.4, 0.5) is 5.69 Å². The van der Waals surface area contributed by atoms with Crippen LogP contribution in [0.2, 0.25) is 0 Å². The van der Waals surface area contributed by atoms with Crippen molar-refractivity contribution in [3.05, 3.63) is 39.9 Å². The van der Waals surface area contributed by atoms with Gasteiger partial charge >= 0.3 is 0 Å². The lowest BCUT2D eigenvalue weighted by molar-refractivity contribution is -0.385. The maximum Gasteiger partial charge on any atom is 0.274 e. The lowest BCUT2D eigenvalue weighted by Gasteiger charge is -2.25. The predicted octanol–water partition coefficient (Wildman–Crippen LogP) is 2.75. The van der Waals surface area contributed by atoms with Crippen LogP contribution in [-0.4, -0.2) is 29.0 Å². The zero-order valence-corrected chi connectivity index (χ0v) is 12.7. The highest BCUT2D eigenvalue weighted by atomic mass is 35.5. The molecule has 20 heavy (non-hydrogen) atoms. The molecule has 1 fully saturated rings. The van der Waals surface area contributed by atoms with Crippen molar-refractivity contribution in [3.8, 4) is 0 Å². The SMILES string of the molecule is CC(N)C1CCN(C(C)c2ccccc2[N+](=O)[O-])C1.Cl. The quantitative estimate of drug-likeness (QED) is 0.685. The minimum atomic E-state index is -0.301. The van der Waals surface area contributed by atoms with E-state index in [1.807, 2.05) is 26.0 Å². The maximum atomic E-state index is 11.1. The summed E-state index contributed by atoms with van der Waals surface area (Å²) in [5.74, 6) is 0.491. The van der Waals surface area contributed by atoms with Crippen molar-refractivity contribution in [2.24, 2.45) is 11.7 Å². The van der Waals surface area contributed by atoms with Crippen LogP contribution in [-0.2, 0) is 0 Å². The average Bonchev–Trinajstić information content (AvgIpc) is 2.87. The largest absolute Gasteiger partial charge is 0.328 e. The van der Waals surface area contributed by atoms with Gasteiger partial charge in [-0.1, -0.05) is 18.2 Å². The van der Waals surface area contributed by atoms with Gasteiger partial charge < -0.3 is 5.73 Å². The van der Waals surface area contributed by atoms with Crippen molar-refractivity contribution < 1.29 is 4.92 Å². The summed E-state index contributed by atoms with van der Waals surface area (Å²) in [5.41, 5.74) is 6.94. The molecule has 1 saturated heterocycles. The fourth-order valence-electron chi connectivity index (χ4n) is 2.80. The number of para-hydroxylation sites is 1. The number of nitrogens with zero attached hydrogens (tertiary/aromatic N) is 2. The summed E-state index contributed by atoms with van der Waals surface area (Å²) in [6.07, 6.45) is 1.07. The van der Waals surface area contributed by atoms with Crippen LogP contribution in [0.15, 0.2) is 24.3 Å². The number of likely N-dealkylation sites (tertiary alicyclic amines) is 1. The van der Waals surface area contributed by atoms with Crippen LogP contribution in [0, 0.1) is 16.0 Å². The molecule has 0 bridgehead atoms. The molecule has 1 aromatic rings. The Hall–Kier alpha value is -1.17. The molecule has 0 saturated carbocycles. The van der Waals surface area contributed by atoms with E-state index >= 15 is 0 Å². The van der Waals surface area contributed by atoms with Gasteiger partial charge in [-0.2, -0.15) is 0 Å². The Balaban J connectivity index is 0.00000200. The molecule has 5 nitrogen and oxygen atoms in total. The average molecular weight is 300 g/mol. The fraction of sp³-hybridized carbons (Fsp3) is 0.571. The highest BCUT2D eigenvalue weighted by Crippen LogP contribution is 2.32. The number of nitro groups is 1. The number of benzene rings is 1. The van der Waals surface area contributed by atoms with Gasteiger partial charge in [-0.25, -0.2) is 0 Å². The van der Waals surface area contributed by atoms with E-state index in [0.717, 1.165) is 25.1 Å². The third kappa shape index (κ3) is 3.48. The van der Waals surface area contributed by atoms with E-state index in [4.69, 9.17) is 5.73 Å². The lowest BCUT2D eigenvalue weighted by Crippen LogP contribution is -2.31. The molecule has 0 aromatic heterocycles. The van der Waals surface area contributed by atoms with Crippen molar-refractivity contribution in [2.75, 3.05) is 13.1 Å². The van der Waals surface area contributed by atoms with Gasteiger partial charge in [0.25, 0.3) is 5.69 Å². The third-order valence-corrected chi connectivity index (χ3v) is 4.13. The highest BCUT2D eigenvalue weighted by molar-refractivity contribution is 5.85. The number of hydrogen-bond acceptors (Lipinski definition) is 4. The van der Waals surface area contributed by atoms with Gasteiger partial charge in [-0.15, -0.1) is 12.4 Å². The second-order valence-electron chi connectivity index (χ2n) is 5.39. The Morgan fingerprint density at radius 1 is 1.40 bits per heavy atom. The number of rotatable bonds is 4. The summed E-state index contributed by atoms with van der Waals surface area (Å²) in [6.45, 7) is 5.94. The molecule has 6 heteroatoms. The number of hydrogen-bond donors (Lipinski definition) is 1. The number of nitrogens with two attached hydrogens (primary N) is 1. The van der Waals surface area contributed by atoms with Crippen LogP contribution >= 0.6 is 12.4 Å². The summed E-state index contributed by atoms with van der Waals surface area (Å²) in [6, 6.07) is 7.24. The highest BCUT2D eigenvalue weighted by Gasteiger charge is 2.31. The fourth-order valence-corrected chi connectivity index (χ4v) is 2.80. The standard InChI is InChI=1S/C14H21N3O2.ClH/c1-10(15)12-7-8-16(9-12)11(2)13-5-3-4-6-14(13)17(18)19;/h3-6,10-12H,7-9,15H2,1-2H3;1H. The Morgan fingerprint density at radius 2 is 2.05 bits per heavy atom. The first-order chi connectivity index (χ1) is 9.00. The lowest BCUT2D eigenvalue weighted by atomic mass is 10.0. The maximum absolute atomic E-state index is 11.1. The summed E-state index contributed by atoms with van der Waals surface area (Å²) in [7, 11) is 0. The molecular formula is C14H22ClN3O2. The molecule has 3 atom stereocenters. The smallest absolute Gasteiger partial charge is 0.274 e. The van der Waals surface area contributed by atoms with Gasteiger partial charge in [0.15, 0.2) is 0 Å². The summed E-state index contributed by atoms with van der Waals surface area (Å²) in [5, 5.41) is 11.1. The van der Waals surface area contributed by atoms with Gasteiger partial charge in [0.05, 0.1) is 4.92 Å². The van der Waals surface area contributed by atoms with Crippen LogP contribution in [0.5, 0.6) is 0 Å². The van der Waals surface area contributed by atoms with Gasteiger partial charge in [-0.3, -0.25) is 15.0 Å². The summed E-state index contributed by atoms with van der Waals surface area (Å²) in [4.78, 5) is 13.1. The zero-order valence-electron chi connectivity index (χ0n) is 11.9. The minimum absolute atomic E-state index is 0. The molecule has 2 rings (SSSR count). The first kappa shape index (κ1) is 16.9. The predicted molar refractivity (Wildman–Crippen MR) is 82.1 cm³/mol. The molecule has 0 radical (unpaired) electrons. The molecule has 1 heterocycles. The second kappa shape index (κ2) is 7.02. The molecule has 0 spiro atoms. The second-order valence-corrected chi connectivity index (χ2v) is 5.39. The third-order valence-electron chi connectivity index (χ3n) is 4.13. The summed E-state index contributed by atoms with van der Waals surface area (Å²) < 4.78 is 0. The summed E-state index contributed by atoms with van der Waals surface area (Å²) >= 11 is 0. The van der Waals surface area contributed by atoms with E-state index in [2.05, 4.69) is 4.90 Å². The van der Waals surface area contributed by atoms with Crippen molar-refractivity contribution in [1.29, 1.82) is 0 Å². The van der Waals surface area contributed by atoms with E-state index in [0.29, 0.717) is 5.92 Å². The minimum Gasteiger partial charge on any atom is -0.328 e. The van der Waals surface area contributed by atoms with Crippen LogP contribution < -0.4 is 5.73 Å². The van der Waals surface area contributed by atoms with Gasteiger partial charge in [0.2, 0.25) is 0 Å². The topological polar surface area (TPSA) is 72.4 Å². The van der Waals surface area contributed by atoms with Crippen molar-refractivity contribution in [3.63, 3.8) is 0 Å². The van der Waals surface area contributed by atoms with E-state index in [-0.39, 0.29) is 35.1 Å².